The lowest BCUT2D eigenvalue weighted by atomic mass is 9.77. The number of anilines is 1. The zero-order valence-electron chi connectivity index (χ0n) is 26.5. The monoisotopic (exact) mass is 700 g/mol. The van der Waals surface area contributed by atoms with E-state index in [2.05, 4.69) is 10.3 Å². The van der Waals surface area contributed by atoms with E-state index >= 15 is 4.39 Å². The molecule has 1 spiro atoms. The van der Waals surface area contributed by atoms with Gasteiger partial charge in [-0.25, -0.2) is 9.37 Å². The van der Waals surface area contributed by atoms with Crippen LogP contribution in [0.25, 0.3) is 0 Å². The molecular weight excluding hydrogens is 666 g/mol. The predicted octanol–water partition coefficient (Wildman–Crippen LogP) is 2.45. The highest BCUT2D eigenvalue weighted by Gasteiger charge is 2.67. The van der Waals surface area contributed by atoms with Gasteiger partial charge >= 0.3 is 18.0 Å². The van der Waals surface area contributed by atoms with Crippen molar-refractivity contribution < 1.29 is 55.0 Å². The number of likely N-dealkylation sites (tertiary alicyclic amines) is 2. The number of pyridine rings is 1. The van der Waals surface area contributed by atoms with E-state index in [1.165, 1.54) is 26.1 Å². The Morgan fingerprint density at radius 2 is 1.90 bits per heavy atom. The Morgan fingerprint density at radius 3 is 2.53 bits per heavy atom. The molecule has 10 atom stereocenters. The van der Waals surface area contributed by atoms with Crippen molar-refractivity contribution in [1.29, 1.82) is 5.26 Å². The molecule has 2 aliphatic carbocycles. The van der Waals surface area contributed by atoms with E-state index in [1.807, 2.05) is 6.07 Å². The van der Waals surface area contributed by atoms with Crippen molar-refractivity contribution in [2.75, 3.05) is 25.5 Å². The number of nitriles is 1. The van der Waals surface area contributed by atoms with E-state index < -0.39 is 102 Å². The Bertz CT molecular complexity index is 1590. The molecule has 5 aliphatic rings. The van der Waals surface area contributed by atoms with Gasteiger partial charge in [0.2, 0.25) is 17.4 Å². The number of amides is 4. The molecule has 12 nitrogen and oxygen atoms in total. The third-order valence-corrected chi connectivity index (χ3v) is 10.7. The summed E-state index contributed by atoms with van der Waals surface area (Å²) in [5.74, 6) is -13.9. The number of nitrogens with zero attached hydrogens (tertiary/aromatic N) is 4. The average molecular weight is 701 g/mol. The van der Waals surface area contributed by atoms with Crippen molar-refractivity contribution >= 4 is 29.4 Å². The second kappa shape index (κ2) is 12.0. The molecule has 4 amide bonds. The maximum Gasteiger partial charge on any atom is 0.463 e. The smallest absolute Gasteiger partial charge is 0.463 e. The predicted molar refractivity (Wildman–Crippen MR) is 154 cm³/mol. The number of halogens is 6. The number of carbonyl (C=O) groups is 4. The summed E-state index contributed by atoms with van der Waals surface area (Å²) < 4.78 is 94.3. The van der Waals surface area contributed by atoms with Gasteiger partial charge < -0.3 is 29.9 Å². The average Bonchev–Trinajstić information content (AvgIpc) is 3.79. The van der Waals surface area contributed by atoms with Crippen LogP contribution in [0.15, 0.2) is 18.3 Å². The van der Waals surface area contributed by atoms with Crippen LogP contribution in [0.2, 0.25) is 0 Å². The van der Waals surface area contributed by atoms with E-state index in [0.717, 1.165) is 16.9 Å². The largest absolute Gasteiger partial charge is 0.472 e. The van der Waals surface area contributed by atoms with Gasteiger partial charge in [-0.3, -0.25) is 19.2 Å². The summed E-state index contributed by atoms with van der Waals surface area (Å²) in [5.41, 5.74) is -1.73. The second-order valence-corrected chi connectivity index (χ2v) is 13.8. The van der Waals surface area contributed by atoms with Gasteiger partial charge in [-0.1, -0.05) is 13.8 Å². The number of hydrogen-bond acceptors (Lipinski definition) is 8. The number of methoxy groups -OCH3 is 1. The molecule has 3 aliphatic heterocycles. The third-order valence-electron chi connectivity index (χ3n) is 10.7. The topological polar surface area (TPSA) is 154 Å². The van der Waals surface area contributed by atoms with Crippen molar-refractivity contribution in [2.45, 2.75) is 81.2 Å². The fourth-order valence-electron chi connectivity index (χ4n) is 8.54. The highest BCUT2D eigenvalue weighted by atomic mass is 19.4. The van der Waals surface area contributed by atoms with Crippen LogP contribution in [0.5, 0.6) is 5.75 Å². The first-order valence-corrected chi connectivity index (χ1v) is 15.8. The Morgan fingerprint density at radius 1 is 1.18 bits per heavy atom. The minimum atomic E-state index is -6.27. The van der Waals surface area contributed by atoms with Crippen LogP contribution in [0.4, 0.5) is 32.2 Å². The van der Waals surface area contributed by atoms with E-state index in [0.29, 0.717) is 6.42 Å². The number of ether oxygens (including phenoxy) is 2. The summed E-state index contributed by atoms with van der Waals surface area (Å²) in [6.45, 7) is 2.35. The molecule has 4 heterocycles. The number of hydrogen-bond donors (Lipinski definition) is 2. The lowest BCUT2D eigenvalue weighted by molar-refractivity contribution is -0.270. The molecule has 2 bridgehead atoms. The number of carbonyl (C=O) groups excluding carboxylic acids is 4. The van der Waals surface area contributed by atoms with Crippen molar-refractivity contribution in [2.24, 2.45) is 29.6 Å². The van der Waals surface area contributed by atoms with E-state index in [-0.39, 0.29) is 36.9 Å². The van der Waals surface area contributed by atoms with Crippen LogP contribution in [0.1, 0.15) is 33.1 Å². The fraction of sp³-hybridized carbons (Fsp3) is 0.677. The summed E-state index contributed by atoms with van der Waals surface area (Å²) in [7, 11) is 1.08. The lowest BCUT2D eigenvalue weighted by Gasteiger charge is -2.38. The highest BCUT2D eigenvalue weighted by molar-refractivity contribution is 6.01. The van der Waals surface area contributed by atoms with Gasteiger partial charge in [-0.15, -0.1) is 0 Å². The van der Waals surface area contributed by atoms with E-state index in [1.54, 1.807) is 11.4 Å². The second-order valence-electron chi connectivity index (χ2n) is 13.8. The number of alkyl halides is 6. The SMILES string of the molecule is CO[C@H](C(C)C)[C@H](NC(=O)C(F)(F)C(F)(F)F)C(=O)N1CC2[C@H]3C[C@@H]([C@@H]2[C@H]1C(=O)N1C[C@@]2(C[C@H]1C#N)Oc1cccnc1NC2=O)[C@H](F)C3. The van der Waals surface area contributed by atoms with Crippen molar-refractivity contribution in [3.8, 4) is 11.8 Å². The molecule has 2 N–H and O–H groups in total. The summed E-state index contributed by atoms with van der Waals surface area (Å²) in [6.07, 6.45) is -7.29. The van der Waals surface area contributed by atoms with Crippen molar-refractivity contribution in [1.82, 2.24) is 20.1 Å². The Kier molecular flexibility index (Phi) is 8.52. The molecule has 2 saturated heterocycles. The van der Waals surface area contributed by atoms with Gasteiger partial charge in [0.1, 0.15) is 24.3 Å². The first-order valence-electron chi connectivity index (χ1n) is 15.8. The minimum absolute atomic E-state index is 0.129. The molecule has 4 fully saturated rings. The molecule has 6 rings (SSSR count). The molecule has 1 aromatic rings. The van der Waals surface area contributed by atoms with Crippen LogP contribution < -0.4 is 15.4 Å². The summed E-state index contributed by atoms with van der Waals surface area (Å²) in [5, 5.41) is 14.3. The molecule has 0 aromatic carbocycles. The minimum Gasteiger partial charge on any atom is -0.472 e. The molecule has 1 aromatic heterocycles. The van der Waals surface area contributed by atoms with Gasteiger partial charge in [0.15, 0.2) is 11.6 Å². The van der Waals surface area contributed by atoms with Gasteiger partial charge in [0, 0.05) is 26.3 Å². The molecule has 2 saturated carbocycles. The van der Waals surface area contributed by atoms with Crippen molar-refractivity contribution in [3.05, 3.63) is 18.3 Å². The first kappa shape index (κ1) is 34.7. The molecule has 1 unspecified atom stereocenters. The summed E-state index contributed by atoms with van der Waals surface area (Å²) in [6, 6.07) is 0.221. The Balaban J connectivity index is 1.36. The maximum atomic E-state index is 15.3. The fourth-order valence-corrected chi connectivity index (χ4v) is 8.54. The standard InChI is InChI=1S/C31H34F6N6O6/c1-13(2)23(48-3)21(40-28(47)30(33,34)31(35,36)37)25(44)42-11-17-14-7-16(18(32)8-14)20(17)22(42)26(45)43-12-29(9-15(43)10-38)27(46)41-24-19(49-29)5-4-6-39-24/h4-6,13-18,20-23H,7-9,11-12H2,1-3H3,(H,40,47)(H,39,41,46)/t14-,15-,16+,17?,18+,20-,21-,22-,23+,29+/m0/s1. The van der Waals surface area contributed by atoms with Crippen LogP contribution in [0, 0.1) is 40.9 Å². The van der Waals surface area contributed by atoms with Crippen molar-refractivity contribution in [3.63, 3.8) is 0 Å². The maximum absolute atomic E-state index is 15.3. The third kappa shape index (κ3) is 5.44. The molecule has 49 heavy (non-hydrogen) atoms. The summed E-state index contributed by atoms with van der Waals surface area (Å²) in [4.78, 5) is 60.8. The number of aromatic nitrogens is 1. The zero-order valence-corrected chi connectivity index (χ0v) is 26.5. The van der Waals surface area contributed by atoms with Gasteiger partial charge in [-0.05, 0) is 54.6 Å². The lowest BCUT2D eigenvalue weighted by Crippen LogP contribution is -2.63. The van der Waals surface area contributed by atoms with E-state index in [9.17, 15) is 46.4 Å². The van der Waals surface area contributed by atoms with Gasteiger partial charge in [-0.2, -0.15) is 27.2 Å². The van der Waals surface area contributed by atoms with Crippen LogP contribution in [-0.4, -0.2) is 107 Å². The normalized spacial score (nSPS) is 33.1. The number of rotatable bonds is 7. The zero-order chi connectivity index (χ0) is 35.8. The van der Waals surface area contributed by atoms with Crippen LogP contribution in [0.3, 0.4) is 0 Å². The summed E-state index contributed by atoms with van der Waals surface area (Å²) >= 11 is 0. The molecule has 0 radical (unpaired) electrons. The molecular formula is C31H34F6N6O6. The first-order chi connectivity index (χ1) is 23.0. The van der Waals surface area contributed by atoms with Gasteiger partial charge in [0.25, 0.3) is 5.91 Å². The van der Waals surface area contributed by atoms with Crippen LogP contribution in [-0.2, 0) is 23.9 Å². The van der Waals surface area contributed by atoms with E-state index in [4.69, 9.17) is 9.47 Å². The number of fused-ring (bicyclic) bond motifs is 6. The molecule has 18 heteroatoms. The van der Waals surface area contributed by atoms with Gasteiger partial charge in [0.05, 0.1) is 18.7 Å². The number of nitrogens with one attached hydrogen (secondary N) is 2. The highest BCUT2D eigenvalue weighted by Crippen LogP contribution is 2.59. The Hall–Kier alpha value is -4.14. The molecule has 266 valence electrons. The quantitative estimate of drug-likeness (QED) is 0.412. The van der Waals surface area contributed by atoms with Crippen LogP contribution >= 0.6 is 0 Å². The Labute approximate surface area is 276 Å².